The van der Waals surface area contributed by atoms with E-state index in [1.54, 1.807) is 24.6 Å². The van der Waals surface area contributed by atoms with Crippen LogP contribution in [0, 0.1) is 0 Å². The summed E-state index contributed by atoms with van der Waals surface area (Å²) in [7, 11) is -0.634. The Morgan fingerprint density at radius 3 is 0.958 bits per heavy atom. The van der Waals surface area contributed by atoms with Crippen molar-refractivity contribution in [3.63, 3.8) is 0 Å². The van der Waals surface area contributed by atoms with Crippen molar-refractivity contribution < 1.29 is 12.4 Å². The summed E-state index contributed by atoms with van der Waals surface area (Å²) in [5.74, 6) is 0. The first-order chi connectivity index (χ1) is 11.2. The van der Waals surface area contributed by atoms with Crippen LogP contribution in [0.2, 0.25) is 0 Å². The molecule has 0 atom stereocenters. The van der Waals surface area contributed by atoms with Gasteiger partial charge in [0.05, 0.1) is 24.6 Å². The monoisotopic (exact) mass is 378 g/mol. The third kappa shape index (κ3) is 15.0. The molecule has 0 radical (unpaired) electrons. The Morgan fingerprint density at radius 2 is 0.625 bits per heavy atom. The minimum absolute atomic E-state index is 0. The molecular weight excluding hydrogens is 331 g/mol. The minimum atomic E-state index is -0.634. The van der Waals surface area contributed by atoms with Crippen LogP contribution in [0.4, 0.5) is 0 Å². The molecule has 0 heterocycles. The van der Waals surface area contributed by atoms with Gasteiger partial charge >= 0.3 is 0 Å². The summed E-state index contributed by atoms with van der Waals surface area (Å²) in [6, 6.07) is 0. The SMILES string of the molecule is CCCCCCC[P+](CCCCC)(CCCCC)CCCCC.[Cl-]. The molecule has 0 saturated heterocycles. The summed E-state index contributed by atoms with van der Waals surface area (Å²) < 4.78 is 0. The van der Waals surface area contributed by atoms with Crippen molar-refractivity contribution in [2.45, 2.75) is 118 Å². The van der Waals surface area contributed by atoms with E-state index in [0.29, 0.717) is 0 Å². The highest BCUT2D eigenvalue weighted by Crippen LogP contribution is 2.61. The Balaban J connectivity index is 0. The molecule has 24 heavy (non-hydrogen) atoms. The second-order valence-corrected chi connectivity index (χ2v) is 12.2. The van der Waals surface area contributed by atoms with Gasteiger partial charge in [0, 0.05) is 7.26 Å². The summed E-state index contributed by atoms with van der Waals surface area (Å²) >= 11 is 0. The number of unbranched alkanes of at least 4 members (excludes halogenated alkanes) is 10. The number of hydrogen-bond donors (Lipinski definition) is 0. The van der Waals surface area contributed by atoms with Gasteiger partial charge in [-0.05, 0) is 32.1 Å². The van der Waals surface area contributed by atoms with E-state index in [2.05, 4.69) is 27.7 Å². The molecule has 0 saturated carbocycles. The molecule has 0 aromatic heterocycles. The van der Waals surface area contributed by atoms with Gasteiger partial charge < -0.3 is 12.4 Å². The first-order valence-corrected chi connectivity index (χ1v) is 13.6. The van der Waals surface area contributed by atoms with E-state index in [4.69, 9.17) is 0 Å². The zero-order valence-corrected chi connectivity index (χ0v) is 19.2. The van der Waals surface area contributed by atoms with Crippen LogP contribution in [-0.4, -0.2) is 24.6 Å². The van der Waals surface area contributed by atoms with E-state index in [9.17, 15) is 0 Å². The molecule has 0 rings (SSSR count). The summed E-state index contributed by atoms with van der Waals surface area (Å²) in [5, 5.41) is 0. The Labute approximate surface area is 162 Å². The van der Waals surface area contributed by atoms with Crippen LogP contribution in [0.1, 0.15) is 118 Å². The zero-order valence-electron chi connectivity index (χ0n) is 17.6. The molecular formula is C22H48ClP. The van der Waals surface area contributed by atoms with Gasteiger partial charge in [-0.3, -0.25) is 0 Å². The molecule has 0 bridgehead atoms. The lowest BCUT2D eigenvalue weighted by atomic mass is 10.2. The molecule has 0 aliphatic heterocycles. The lowest BCUT2D eigenvalue weighted by Gasteiger charge is -2.28. The fourth-order valence-electron chi connectivity index (χ4n) is 3.81. The fraction of sp³-hybridized carbons (Fsp3) is 1.00. The van der Waals surface area contributed by atoms with Crippen LogP contribution >= 0.6 is 7.26 Å². The van der Waals surface area contributed by atoms with Crippen molar-refractivity contribution in [2.75, 3.05) is 24.6 Å². The van der Waals surface area contributed by atoms with E-state index in [-0.39, 0.29) is 12.4 Å². The highest BCUT2D eigenvalue weighted by atomic mass is 35.5. The molecule has 0 aliphatic rings. The van der Waals surface area contributed by atoms with Crippen LogP contribution in [-0.2, 0) is 0 Å². The van der Waals surface area contributed by atoms with Gasteiger partial charge in [-0.2, -0.15) is 0 Å². The summed E-state index contributed by atoms with van der Waals surface area (Å²) in [5.41, 5.74) is 0. The van der Waals surface area contributed by atoms with E-state index >= 15 is 0 Å². The van der Waals surface area contributed by atoms with Crippen molar-refractivity contribution in [3.05, 3.63) is 0 Å². The summed E-state index contributed by atoms with van der Waals surface area (Å²) in [4.78, 5) is 0. The molecule has 0 N–H and O–H groups in total. The standard InChI is InChI=1S/C22H48P.ClH/c1-5-9-13-14-18-22-23(19-15-10-6-2,20-16-11-7-3)21-17-12-8-4;/h5-22H2,1-4H3;1H/q+1;/p-1. The van der Waals surface area contributed by atoms with Gasteiger partial charge in [-0.1, -0.05) is 85.5 Å². The summed E-state index contributed by atoms with van der Waals surface area (Å²) in [6.45, 7) is 9.41. The average Bonchev–Trinajstić information content (AvgIpc) is 2.55. The van der Waals surface area contributed by atoms with Crippen molar-refractivity contribution in [1.82, 2.24) is 0 Å². The van der Waals surface area contributed by atoms with Gasteiger partial charge in [0.2, 0.25) is 0 Å². The first kappa shape index (κ1) is 26.9. The van der Waals surface area contributed by atoms with Crippen LogP contribution in [0.5, 0.6) is 0 Å². The topological polar surface area (TPSA) is 0 Å². The molecule has 0 spiro atoms. The molecule has 0 aromatic rings. The maximum absolute atomic E-state index is 2.36. The second-order valence-electron chi connectivity index (χ2n) is 7.77. The Bertz CT molecular complexity index is 203. The molecule has 148 valence electrons. The van der Waals surface area contributed by atoms with Gasteiger partial charge in [-0.25, -0.2) is 0 Å². The third-order valence-electron chi connectivity index (χ3n) is 5.44. The predicted molar refractivity (Wildman–Crippen MR) is 114 cm³/mol. The Morgan fingerprint density at radius 1 is 0.375 bits per heavy atom. The lowest BCUT2D eigenvalue weighted by Crippen LogP contribution is -3.00. The number of halogens is 1. The highest BCUT2D eigenvalue weighted by molar-refractivity contribution is 7.75. The maximum atomic E-state index is 2.36. The highest BCUT2D eigenvalue weighted by Gasteiger charge is 2.34. The van der Waals surface area contributed by atoms with E-state index in [1.165, 1.54) is 89.9 Å². The van der Waals surface area contributed by atoms with E-state index in [1.807, 2.05) is 0 Å². The first-order valence-electron chi connectivity index (χ1n) is 11.1. The molecule has 2 heteroatoms. The van der Waals surface area contributed by atoms with Crippen LogP contribution in [0.15, 0.2) is 0 Å². The summed E-state index contributed by atoms with van der Waals surface area (Å²) in [6.07, 6.45) is 27.0. The second kappa shape index (κ2) is 20.0. The van der Waals surface area contributed by atoms with Gasteiger partial charge in [0.15, 0.2) is 0 Å². The maximum Gasteiger partial charge on any atom is 0.0594 e. The Hall–Kier alpha value is 0.720. The van der Waals surface area contributed by atoms with Crippen LogP contribution in [0.3, 0.4) is 0 Å². The van der Waals surface area contributed by atoms with E-state index in [0.717, 1.165) is 0 Å². The molecule has 0 aromatic carbocycles. The number of rotatable bonds is 18. The Kier molecular flexibility index (Phi) is 22.5. The molecule has 0 fully saturated rings. The van der Waals surface area contributed by atoms with Crippen LogP contribution < -0.4 is 12.4 Å². The van der Waals surface area contributed by atoms with E-state index < -0.39 is 7.26 Å². The van der Waals surface area contributed by atoms with Gasteiger partial charge in [-0.15, -0.1) is 0 Å². The normalized spacial score (nSPS) is 11.5. The average molecular weight is 379 g/mol. The number of hydrogen-bond acceptors (Lipinski definition) is 0. The smallest absolute Gasteiger partial charge is 0.0594 e. The largest absolute Gasteiger partial charge is 1.00 e. The third-order valence-corrected chi connectivity index (χ3v) is 10.5. The fourth-order valence-corrected chi connectivity index (χ4v) is 8.73. The van der Waals surface area contributed by atoms with Crippen molar-refractivity contribution in [3.8, 4) is 0 Å². The van der Waals surface area contributed by atoms with Crippen molar-refractivity contribution in [2.24, 2.45) is 0 Å². The molecule has 0 aliphatic carbocycles. The minimum Gasteiger partial charge on any atom is -1.00 e. The predicted octanol–water partition coefficient (Wildman–Crippen LogP) is 5.55. The van der Waals surface area contributed by atoms with Crippen molar-refractivity contribution in [1.29, 1.82) is 0 Å². The quantitative estimate of drug-likeness (QED) is 0.217. The van der Waals surface area contributed by atoms with Crippen LogP contribution in [0.25, 0.3) is 0 Å². The van der Waals surface area contributed by atoms with Gasteiger partial charge in [0.1, 0.15) is 0 Å². The molecule has 0 unspecified atom stereocenters. The van der Waals surface area contributed by atoms with Gasteiger partial charge in [0.25, 0.3) is 0 Å². The van der Waals surface area contributed by atoms with Crippen molar-refractivity contribution >= 4 is 7.26 Å². The zero-order chi connectivity index (χ0) is 17.2. The molecule has 0 nitrogen and oxygen atoms in total. The lowest BCUT2D eigenvalue weighted by molar-refractivity contribution is -0.00000537. The molecule has 0 amide bonds.